The number of sulfonamides is 1. The molecule has 1 heterocycles. The van der Waals surface area contributed by atoms with Crippen LogP contribution >= 0.6 is 11.3 Å². The highest BCUT2D eigenvalue weighted by molar-refractivity contribution is 7.91. The van der Waals surface area contributed by atoms with Gasteiger partial charge < -0.3 is 10.0 Å². The Morgan fingerprint density at radius 3 is 2.40 bits per heavy atom. The lowest BCUT2D eigenvalue weighted by atomic mass is 9.78. The Labute approximate surface area is 125 Å². The molecule has 5 nitrogen and oxygen atoms in total. The van der Waals surface area contributed by atoms with E-state index >= 15 is 0 Å². The van der Waals surface area contributed by atoms with Crippen molar-refractivity contribution in [3.8, 4) is 0 Å². The van der Waals surface area contributed by atoms with E-state index in [0.717, 1.165) is 24.2 Å². The maximum Gasteiger partial charge on any atom is 0.490 e. The maximum absolute atomic E-state index is 12.3. The van der Waals surface area contributed by atoms with Crippen LogP contribution in [0.5, 0.6) is 0 Å². The van der Waals surface area contributed by atoms with Crippen molar-refractivity contribution >= 4 is 33.9 Å². The number of hydrogen-bond acceptors (Lipinski definition) is 5. The summed E-state index contributed by atoms with van der Waals surface area (Å²) in [5.74, 6) is 0. The molecule has 0 aliphatic carbocycles. The van der Waals surface area contributed by atoms with Crippen molar-refractivity contribution in [1.29, 1.82) is 0 Å². The predicted octanol–water partition coefficient (Wildman–Crippen LogP) is 0.847. The van der Waals surface area contributed by atoms with Gasteiger partial charge in [0.2, 0.25) is 10.0 Å². The summed E-state index contributed by atoms with van der Waals surface area (Å²) in [5.41, 5.74) is 0.186. The molecule has 0 amide bonds. The van der Waals surface area contributed by atoms with Crippen molar-refractivity contribution in [2.24, 2.45) is 0 Å². The fourth-order valence-corrected chi connectivity index (χ4v) is 4.93. The number of hydrogen-bond donors (Lipinski definition) is 3. The van der Waals surface area contributed by atoms with Gasteiger partial charge in [0.05, 0.1) is 0 Å². The smallest absolute Gasteiger partial charge is 0.423 e. The topological polar surface area (TPSA) is 86.6 Å². The summed E-state index contributed by atoms with van der Waals surface area (Å²) >= 11 is 1.03. The maximum atomic E-state index is 12.3. The zero-order chi connectivity index (χ0) is 15.6. The van der Waals surface area contributed by atoms with Gasteiger partial charge >= 0.3 is 7.12 Å². The Hall–Kier alpha value is -0.405. The summed E-state index contributed by atoms with van der Waals surface area (Å²) in [7, 11) is -5.53. The van der Waals surface area contributed by atoms with Gasteiger partial charge in [-0.15, -0.1) is 11.3 Å². The molecule has 0 atom stereocenters. The van der Waals surface area contributed by atoms with E-state index < -0.39 is 22.7 Å². The van der Waals surface area contributed by atoms with Gasteiger partial charge in [0, 0.05) is 11.0 Å². The standard InChI is InChI=1S/C12H22BNO4S2/c1-5-6-7-9-8-19-11(10(9)13(15)16)20(17,18)14-12(2,3)4/h8,14-16H,5-7H2,1-4H3. The van der Waals surface area contributed by atoms with Crippen molar-refractivity contribution in [3.05, 3.63) is 10.9 Å². The second-order valence-electron chi connectivity index (χ2n) is 5.79. The Kier molecular flexibility index (Phi) is 5.80. The molecule has 0 fully saturated rings. The molecule has 0 aliphatic heterocycles. The van der Waals surface area contributed by atoms with E-state index in [0.29, 0.717) is 12.0 Å². The first kappa shape index (κ1) is 17.6. The van der Waals surface area contributed by atoms with Crippen LogP contribution in [0, 0.1) is 0 Å². The molecule has 114 valence electrons. The summed E-state index contributed by atoms with van der Waals surface area (Å²) in [6, 6.07) is 0. The van der Waals surface area contributed by atoms with Crippen molar-refractivity contribution in [2.75, 3.05) is 0 Å². The lowest BCUT2D eigenvalue weighted by Crippen LogP contribution is -2.44. The van der Waals surface area contributed by atoms with Crippen LogP contribution in [0.15, 0.2) is 9.59 Å². The molecule has 0 saturated heterocycles. The van der Waals surface area contributed by atoms with Gasteiger partial charge in [-0.3, -0.25) is 0 Å². The van der Waals surface area contributed by atoms with E-state index in [2.05, 4.69) is 4.72 Å². The zero-order valence-corrected chi connectivity index (χ0v) is 13.9. The van der Waals surface area contributed by atoms with E-state index in [9.17, 15) is 18.5 Å². The van der Waals surface area contributed by atoms with Crippen LogP contribution in [0.1, 0.15) is 46.1 Å². The molecule has 1 aromatic heterocycles. The van der Waals surface area contributed by atoms with E-state index in [4.69, 9.17) is 0 Å². The fraction of sp³-hybridized carbons (Fsp3) is 0.667. The van der Waals surface area contributed by atoms with Crippen LogP contribution in [0.4, 0.5) is 0 Å². The Morgan fingerprint density at radius 2 is 1.95 bits per heavy atom. The lowest BCUT2D eigenvalue weighted by Gasteiger charge is -2.20. The highest BCUT2D eigenvalue weighted by Crippen LogP contribution is 2.21. The molecule has 0 bridgehead atoms. The van der Waals surface area contributed by atoms with E-state index in [-0.39, 0.29) is 9.67 Å². The number of thiophene rings is 1. The van der Waals surface area contributed by atoms with Crippen LogP contribution in [-0.2, 0) is 16.4 Å². The quantitative estimate of drug-likeness (QED) is 0.679. The lowest BCUT2D eigenvalue weighted by molar-refractivity contribution is 0.424. The second-order valence-corrected chi connectivity index (χ2v) is 8.55. The third-order valence-corrected chi connectivity index (χ3v) is 5.99. The van der Waals surface area contributed by atoms with Crippen LogP contribution in [0.2, 0.25) is 0 Å². The molecular weight excluding hydrogens is 297 g/mol. The van der Waals surface area contributed by atoms with E-state index in [1.165, 1.54) is 0 Å². The number of nitrogens with one attached hydrogen (secondary N) is 1. The van der Waals surface area contributed by atoms with Crippen LogP contribution < -0.4 is 10.2 Å². The normalized spacial score (nSPS) is 12.7. The van der Waals surface area contributed by atoms with Crippen molar-refractivity contribution in [3.63, 3.8) is 0 Å². The highest BCUT2D eigenvalue weighted by atomic mass is 32.2. The largest absolute Gasteiger partial charge is 0.490 e. The molecule has 0 aromatic carbocycles. The molecule has 0 radical (unpaired) electrons. The molecular formula is C12H22BNO4S2. The molecule has 0 aliphatic rings. The van der Waals surface area contributed by atoms with Gasteiger partial charge in [-0.05, 0) is 44.6 Å². The minimum Gasteiger partial charge on any atom is -0.423 e. The summed E-state index contributed by atoms with van der Waals surface area (Å²) in [6.07, 6.45) is 2.48. The van der Waals surface area contributed by atoms with Crippen LogP contribution in [0.25, 0.3) is 0 Å². The van der Waals surface area contributed by atoms with Crippen molar-refractivity contribution in [1.82, 2.24) is 4.72 Å². The molecule has 0 unspecified atom stereocenters. The average Bonchev–Trinajstić information content (AvgIpc) is 2.67. The van der Waals surface area contributed by atoms with Gasteiger partial charge in [-0.2, -0.15) is 0 Å². The van der Waals surface area contributed by atoms with Gasteiger partial charge in [-0.25, -0.2) is 13.1 Å². The van der Waals surface area contributed by atoms with Crippen LogP contribution in [0.3, 0.4) is 0 Å². The third-order valence-electron chi connectivity index (χ3n) is 2.62. The van der Waals surface area contributed by atoms with Crippen LogP contribution in [-0.4, -0.2) is 31.1 Å². The molecule has 0 saturated carbocycles. The fourth-order valence-electron chi connectivity index (χ4n) is 1.87. The average molecular weight is 319 g/mol. The van der Waals surface area contributed by atoms with Gasteiger partial charge in [0.15, 0.2) is 0 Å². The monoisotopic (exact) mass is 319 g/mol. The summed E-state index contributed by atoms with van der Waals surface area (Å²) in [4.78, 5) is 0. The van der Waals surface area contributed by atoms with Gasteiger partial charge in [0.25, 0.3) is 0 Å². The molecule has 0 spiro atoms. The first-order valence-corrected chi connectivity index (χ1v) is 8.95. The zero-order valence-electron chi connectivity index (χ0n) is 12.3. The summed E-state index contributed by atoms with van der Waals surface area (Å²) in [5, 5.41) is 20.7. The number of aryl methyl sites for hydroxylation is 1. The Morgan fingerprint density at radius 1 is 1.35 bits per heavy atom. The summed E-state index contributed by atoms with van der Waals surface area (Å²) in [6.45, 7) is 7.25. The predicted molar refractivity (Wildman–Crippen MR) is 82.8 cm³/mol. The molecule has 1 aromatic rings. The number of unbranched alkanes of at least 4 members (excludes halogenated alkanes) is 1. The Balaban J connectivity index is 3.21. The number of rotatable bonds is 6. The van der Waals surface area contributed by atoms with E-state index in [1.807, 2.05) is 6.92 Å². The summed E-state index contributed by atoms with van der Waals surface area (Å²) < 4.78 is 27.2. The molecule has 8 heteroatoms. The highest BCUT2D eigenvalue weighted by Gasteiger charge is 2.32. The first-order chi connectivity index (χ1) is 9.08. The Bertz CT molecular complexity index is 546. The minimum absolute atomic E-state index is 0.00599. The SMILES string of the molecule is CCCCc1csc(S(=O)(=O)NC(C)(C)C)c1B(O)O. The van der Waals surface area contributed by atoms with Gasteiger partial charge in [0.1, 0.15) is 4.21 Å². The van der Waals surface area contributed by atoms with Gasteiger partial charge in [-0.1, -0.05) is 13.3 Å². The van der Waals surface area contributed by atoms with Crippen molar-refractivity contribution in [2.45, 2.75) is 56.7 Å². The van der Waals surface area contributed by atoms with Crippen molar-refractivity contribution < 1.29 is 18.5 Å². The van der Waals surface area contributed by atoms with E-state index in [1.54, 1.807) is 26.2 Å². The minimum atomic E-state index is -3.75. The molecule has 1 rings (SSSR count). The first-order valence-electron chi connectivity index (χ1n) is 6.59. The molecule has 20 heavy (non-hydrogen) atoms. The molecule has 3 N–H and O–H groups in total. The second kappa shape index (κ2) is 6.57. The third kappa shape index (κ3) is 4.56.